The smallest absolute Gasteiger partial charge is 0.292 e. The monoisotopic (exact) mass is 353 g/mol. The minimum Gasteiger partial charge on any atom is -0.393 e. The quantitative estimate of drug-likeness (QED) is 0.502. The summed E-state index contributed by atoms with van der Waals surface area (Å²) in [6.07, 6.45) is 0. The third-order valence-corrected chi connectivity index (χ3v) is 3.16. The highest BCUT2D eigenvalue weighted by Gasteiger charge is 2.16. The molecule has 0 atom stereocenters. The van der Waals surface area contributed by atoms with Crippen LogP contribution >= 0.6 is 15.9 Å². The maximum Gasteiger partial charge on any atom is 0.292 e. The predicted octanol–water partition coefficient (Wildman–Crippen LogP) is 3.33. The van der Waals surface area contributed by atoms with E-state index in [0.29, 0.717) is 4.47 Å². The second-order valence-electron chi connectivity index (χ2n) is 4.11. The summed E-state index contributed by atoms with van der Waals surface area (Å²) in [4.78, 5) is 22.1. The highest BCUT2D eigenvalue weighted by molar-refractivity contribution is 9.10. The Morgan fingerprint density at radius 1 is 1.29 bits per heavy atom. The minimum absolute atomic E-state index is 0.00951. The Bertz CT molecular complexity index is 737. The molecule has 2 aromatic carbocycles. The summed E-state index contributed by atoms with van der Waals surface area (Å²) in [6, 6.07) is 7.68. The molecule has 0 radical (unpaired) electrons. The van der Waals surface area contributed by atoms with Crippen molar-refractivity contribution in [1.29, 1.82) is 0 Å². The van der Waals surface area contributed by atoms with Gasteiger partial charge in [-0.3, -0.25) is 14.9 Å². The molecule has 2 rings (SSSR count). The number of nitrogens with two attached hydrogens (primary N) is 1. The summed E-state index contributed by atoms with van der Waals surface area (Å²) in [7, 11) is 0. The third-order valence-electron chi connectivity index (χ3n) is 2.67. The molecule has 0 heterocycles. The van der Waals surface area contributed by atoms with Crippen molar-refractivity contribution in [2.45, 2.75) is 0 Å². The number of anilines is 2. The zero-order chi connectivity index (χ0) is 15.6. The van der Waals surface area contributed by atoms with Crippen LogP contribution in [0.3, 0.4) is 0 Å². The van der Waals surface area contributed by atoms with Gasteiger partial charge < -0.3 is 11.1 Å². The SMILES string of the molecule is Nc1ccc(C(=O)Nc2cc(Br)ccc2F)cc1[N+](=O)[O-]. The largest absolute Gasteiger partial charge is 0.393 e. The van der Waals surface area contributed by atoms with Gasteiger partial charge in [-0.15, -0.1) is 0 Å². The Kier molecular flexibility index (Phi) is 4.18. The van der Waals surface area contributed by atoms with Gasteiger partial charge in [-0.25, -0.2) is 4.39 Å². The third kappa shape index (κ3) is 3.34. The molecule has 0 aromatic heterocycles. The number of benzene rings is 2. The maximum absolute atomic E-state index is 13.6. The zero-order valence-corrected chi connectivity index (χ0v) is 12.1. The van der Waals surface area contributed by atoms with Gasteiger partial charge in [0.2, 0.25) is 0 Å². The zero-order valence-electron chi connectivity index (χ0n) is 10.5. The number of amides is 1. The molecule has 6 nitrogen and oxygen atoms in total. The lowest BCUT2D eigenvalue weighted by Gasteiger charge is -2.07. The molecule has 0 unspecified atom stereocenters. The van der Waals surface area contributed by atoms with Gasteiger partial charge in [0.15, 0.2) is 0 Å². The van der Waals surface area contributed by atoms with Crippen LogP contribution in [0.1, 0.15) is 10.4 Å². The van der Waals surface area contributed by atoms with Crippen LogP contribution in [0.5, 0.6) is 0 Å². The number of nitrogen functional groups attached to an aromatic ring is 1. The van der Waals surface area contributed by atoms with Gasteiger partial charge >= 0.3 is 0 Å². The Balaban J connectivity index is 2.30. The number of hydrogen-bond acceptors (Lipinski definition) is 4. The summed E-state index contributed by atoms with van der Waals surface area (Å²) in [6.45, 7) is 0. The summed E-state index contributed by atoms with van der Waals surface area (Å²) in [5, 5.41) is 13.1. The summed E-state index contributed by atoms with van der Waals surface area (Å²) in [5.74, 6) is -1.29. The van der Waals surface area contributed by atoms with Crippen LogP contribution in [0.2, 0.25) is 0 Å². The Morgan fingerprint density at radius 2 is 2.00 bits per heavy atom. The Hall–Kier alpha value is -2.48. The van der Waals surface area contributed by atoms with Crippen LogP contribution in [0, 0.1) is 15.9 Å². The highest BCUT2D eigenvalue weighted by Crippen LogP contribution is 2.24. The predicted molar refractivity (Wildman–Crippen MR) is 79.6 cm³/mol. The van der Waals surface area contributed by atoms with Crippen molar-refractivity contribution in [2.75, 3.05) is 11.1 Å². The molecule has 8 heteroatoms. The number of halogens is 2. The molecule has 0 fully saturated rings. The van der Waals surface area contributed by atoms with Gasteiger partial charge in [0.25, 0.3) is 11.6 Å². The molecule has 0 bridgehead atoms. The fourth-order valence-corrected chi connectivity index (χ4v) is 1.99. The number of nitro benzene ring substituents is 1. The van der Waals surface area contributed by atoms with Crippen LogP contribution in [0.25, 0.3) is 0 Å². The average molecular weight is 354 g/mol. The van der Waals surface area contributed by atoms with E-state index in [9.17, 15) is 19.3 Å². The molecule has 0 spiro atoms. The topological polar surface area (TPSA) is 98.3 Å². The standard InChI is InChI=1S/C13H9BrFN3O3/c14-8-2-3-9(15)11(6-8)17-13(19)7-1-4-10(16)12(5-7)18(20)21/h1-6H,16H2,(H,17,19). The number of nitrogens with one attached hydrogen (secondary N) is 1. The number of nitrogens with zero attached hydrogens (tertiary/aromatic N) is 1. The molecular formula is C13H9BrFN3O3. The lowest BCUT2D eigenvalue weighted by molar-refractivity contribution is -0.383. The molecule has 2 aromatic rings. The van der Waals surface area contributed by atoms with Crippen LogP contribution in [0.15, 0.2) is 40.9 Å². The van der Waals surface area contributed by atoms with Crippen molar-refractivity contribution in [2.24, 2.45) is 0 Å². The van der Waals surface area contributed by atoms with Crippen LogP contribution in [-0.4, -0.2) is 10.8 Å². The van der Waals surface area contributed by atoms with Gasteiger partial charge in [-0.05, 0) is 30.3 Å². The van der Waals surface area contributed by atoms with E-state index in [0.717, 1.165) is 6.07 Å². The van der Waals surface area contributed by atoms with Gasteiger partial charge in [0, 0.05) is 16.1 Å². The van der Waals surface area contributed by atoms with Crippen molar-refractivity contribution in [1.82, 2.24) is 0 Å². The Labute approximate surface area is 127 Å². The molecule has 0 saturated carbocycles. The molecule has 108 valence electrons. The van der Waals surface area contributed by atoms with E-state index in [-0.39, 0.29) is 22.6 Å². The second kappa shape index (κ2) is 5.88. The van der Waals surface area contributed by atoms with Crippen molar-refractivity contribution in [3.8, 4) is 0 Å². The Morgan fingerprint density at radius 3 is 2.67 bits per heavy atom. The normalized spacial score (nSPS) is 10.2. The second-order valence-corrected chi connectivity index (χ2v) is 5.02. The van der Waals surface area contributed by atoms with Crippen molar-refractivity contribution < 1.29 is 14.1 Å². The molecular weight excluding hydrogens is 345 g/mol. The van der Waals surface area contributed by atoms with E-state index in [1.54, 1.807) is 0 Å². The first-order valence-corrected chi connectivity index (χ1v) is 6.48. The number of rotatable bonds is 3. The molecule has 0 aliphatic carbocycles. The van der Waals surface area contributed by atoms with E-state index < -0.39 is 16.6 Å². The molecule has 21 heavy (non-hydrogen) atoms. The highest BCUT2D eigenvalue weighted by atomic mass is 79.9. The molecule has 0 aliphatic heterocycles. The van der Waals surface area contributed by atoms with E-state index in [1.165, 1.54) is 30.3 Å². The van der Waals surface area contributed by atoms with Gasteiger partial charge in [-0.2, -0.15) is 0 Å². The number of nitro groups is 1. The van der Waals surface area contributed by atoms with Crippen molar-refractivity contribution in [3.63, 3.8) is 0 Å². The van der Waals surface area contributed by atoms with Crippen LogP contribution < -0.4 is 11.1 Å². The summed E-state index contributed by atoms with van der Waals surface area (Å²) in [5.41, 5.74) is 5.00. The molecule has 3 N–H and O–H groups in total. The van der Waals surface area contributed by atoms with E-state index in [2.05, 4.69) is 21.2 Å². The fourth-order valence-electron chi connectivity index (χ4n) is 1.63. The first-order chi connectivity index (χ1) is 9.88. The van der Waals surface area contributed by atoms with Crippen LogP contribution in [0.4, 0.5) is 21.5 Å². The van der Waals surface area contributed by atoms with E-state index in [4.69, 9.17) is 5.73 Å². The maximum atomic E-state index is 13.6. The van der Waals surface area contributed by atoms with Crippen molar-refractivity contribution in [3.05, 3.63) is 62.4 Å². The van der Waals surface area contributed by atoms with Crippen molar-refractivity contribution >= 4 is 38.9 Å². The van der Waals surface area contributed by atoms with Crippen LogP contribution in [-0.2, 0) is 0 Å². The average Bonchev–Trinajstić information content (AvgIpc) is 2.43. The molecule has 0 saturated heterocycles. The molecule has 1 amide bonds. The van der Waals surface area contributed by atoms with Gasteiger partial charge in [-0.1, -0.05) is 15.9 Å². The van der Waals surface area contributed by atoms with E-state index in [1.807, 2.05) is 0 Å². The van der Waals surface area contributed by atoms with Gasteiger partial charge in [0.1, 0.15) is 11.5 Å². The fraction of sp³-hybridized carbons (Fsp3) is 0. The molecule has 0 aliphatic rings. The number of carbonyl (C=O) groups is 1. The first kappa shape index (κ1) is 14.9. The summed E-state index contributed by atoms with van der Waals surface area (Å²) >= 11 is 3.16. The number of carbonyl (C=O) groups excluding carboxylic acids is 1. The lowest BCUT2D eigenvalue weighted by Crippen LogP contribution is -2.13. The summed E-state index contributed by atoms with van der Waals surface area (Å²) < 4.78 is 14.1. The first-order valence-electron chi connectivity index (χ1n) is 5.69. The van der Waals surface area contributed by atoms with E-state index >= 15 is 0 Å². The number of hydrogen-bond donors (Lipinski definition) is 2. The van der Waals surface area contributed by atoms with Gasteiger partial charge in [0.05, 0.1) is 10.6 Å². The lowest BCUT2D eigenvalue weighted by atomic mass is 10.1. The minimum atomic E-state index is -0.689.